The van der Waals surface area contributed by atoms with Gasteiger partial charge in [0.15, 0.2) is 5.78 Å². The third-order valence-corrected chi connectivity index (χ3v) is 3.86. The van der Waals surface area contributed by atoms with E-state index in [1.807, 2.05) is 51.2 Å². The number of hydrogen-bond donors (Lipinski definition) is 2. The molecule has 2 N–H and O–H groups in total. The maximum absolute atomic E-state index is 12.6. The number of ether oxygens (including phenoxy) is 1. The molecule has 0 amide bonds. The first-order chi connectivity index (χ1) is 12.8. The fourth-order valence-corrected chi connectivity index (χ4v) is 2.70. The maximum Gasteiger partial charge on any atom is 0.325 e. The summed E-state index contributed by atoms with van der Waals surface area (Å²) in [6.45, 7) is 5.48. The van der Waals surface area contributed by atoms with Crippen molar-refractivity contribution in [2.45, 2.75) is 32.8 Å². The molecule has 2 aromatic heterocycles. The lowest BCUT2D eigenvalue weighted by molar-refractivity contribution is -0.152. The van der Waals surface area contributed by atoms with Crippen molar-refractivity contribution in [3.05, 3.63) is 59.9 Å². The normalized spacial score (nSPS) is 11.4. The summed E-state index contributed by atoms with van der Waals surface area (Å²) in [6, 6.07) is 12.9. The minimum atomic E-state index is -0.527. The Kier molecular flexibility index (Phi) is 5.26. The van der Waals surface area contributed by atoms with Gasteiger partial charge in [0.05, 0.1) is 12.1 Å². The second kappa shape index (κ2) is 7.61. The highest BCUT2D eigenvalue weighted by Crippen LogP contribution is 2.16. The van der Waals surface area contributed by atoms with E-state index in [9.17, 15) is 9.59 Å². The molecule has 6 heteroatoms. The second-order valence-corrected chi connectivity index (χ2v) is 7.33. The number of ketones is 1. The van der Waals surface area contributed by atoms with Gasteiger partial charge in [0.2, 0.25) is 0 Å². The summed E-state index contributed by atoms with van der Waals surface area (Å²) in [6.07, 6.45) is 2.04. The van der Waals surface area contributed by atoms with Gasteiger partial charge in [-0.1, -0.05) is 18.2 Å². The quantitative estimate of drug-likeness (QED) is 0.513. The van der Waals surface area contributed by atoms with Crippen LogP contribution in [0.4, 0.5) is 5.82 Å². The number of Topliss-reactive ketones (excluding diaryl/α,β-unsaturated/α-hetero) is 1. The van der Waals surface area contributed by atoms with Gasteiger partial charge < -0.3 is 15.0 Å². The van der Waals surface area contributed by atoms with Crippen LogP contribution in [0.1, 0.15) is 36.8 Å². The number of esters is 1. The van der Waals surface area contributed by atoms with Gasteiger partial charge in [0.1, 0.15) is 18.0 Å². The largest absolute Gasteiger partial charge is 0.459 e. The fraction of sp³-hybridized carbons (Fsp3) is 0.286. The van der Waals surface area contributed by atoms with E-state index in [1.165, 1.54) is 0 Å². The standard InChI is InChI=1S/C21H23N3O3/c1-21(2,3)27-20(26)13-23-19-6-4-5-16(24-19)12-18(25)15-8-7-14-9-10-22-17(14)11-15/h4-11,22H,12-13H2,1-3H3,(H,23,24). The molecule has 0 fully saturated rings. The van der Waals surface area contributed by atoms with Gasteiger partial charge >= 0.3 is 5.97 Å². The molecule has 0 radical (unpaired) electrons. The van der Waals surface area contributed by atoms with Crippen LogP contribution in [0.25, 0.3) is 10.9 Å². The number of pyridine rings is 1. The first-order valence-corrected chi connectivity index (χ1v) is 8.82. The molecule has 0 spiro atoms. The smallest absolute Gasteiger partial charge is 0.325 e. The molecule has 3 aromatic rings. The zero-order valence-electron chi connectivity index (χ0n) is 15.7. The van der Waals surface area contributed by atoms with Crippen molar-refractivity contribution in [2.75, 3.05) is 11.9 Å². The molecule has 0 aliphatic rings. The Morgan fingerprint density at radius 3 is 2.74 bits per heavy atom. The van der Waals surface area contributed by atoms with E-state index in [0.717, 1.165) is 10.9 Å². The molecule has 27 heavy (non-hydrogen) atoms. The van der Waals surface area contributed by atoms with E-state index in [-0.39, 0.29) is 24.7 Å². The number of carbonyl (C=O) groups is 2. The van der Waals surface area contributed by atoms with Gasteiger partial charge in [0, 0.05) is 17.3 Å². The monoisotopic (exact) mass is 365 g/mol. The summed E-state index contributed by atoms with van der Waals surface area (Å²) in [7, 11) is 0. The topological polar surface area (TPSA) is 84.1 Å². The molecule has 0 atom stereocenters. The average molecular weight is 365 g/mol. The molecule has 0 bridgehead atoms. The van der Waals surface area contributed by atoms with Crippen molar-refractivity contribution in [3.8, 4) is 0 Å². The van der Waals surface area contributed by atoms with Crippen LogP contribution in [-0.4, -0.2) is 33.9 Å². The highest BCUT2D eigenvalue weighted by Gasteiger charge is 2.16. The van der Waals surface area contributed by atoms with Crippen LogP contribution >= 0.6 is 0 Å². The van der Waals surface area contributed by atoms with Gasteiger partial charge in [-0.15, -0.1) is 0 Å². The van der Waals surface area contributed by atoms with Crippen LogP contribution in [0, 0.1) is 0 Å². The average Bonchev–Trinajstić information content (AvgIpc) is 3.06. The Balaban J connectivity index is 1.63. The summed E-state index contributed by atoms with van der Waals surface area (Å²) >= 11 is 0. The van der Waals surface area contributed by atoms with Crippen LogP contribution in [0.2, 0.25) is 0 Å². The van der Waals surface area contributed by atoms with E-state index >= 15 is 0 Å². The Morgan fingerprint density at radius 2 is 1.96 bits per heavy atom. The lowest BCUT2D eigenvalue weighted by Gasteiger charge is -2.19. The van der Waals surface area contributed by atoms with E-state index in [1.54, 1.807) is 18.2 Å². The van der Waals surface area contributed by atoms with Crippen molar-refractivity contribution < 1.29 is 14.3 Å². The Hall–Kier alpha value is -3.15. The molecule has 140 valence electrons. The molecule has 1 aromatic carbocycles. The number of rotatable bonds is 6. The fourth-order valence-electron chi connectivity index (χ4n) is 2.70. The molecule has 3 rings (SSSR count). The van der Waals surface area contributed by atoms with Crippen LogP contribution in [0.5, 0.6) is 0 Å². The number of aromatic nitrogens is 2. The highest BCUT2D eigenvalue weighted by molar-refractivity contribution is 6.00. The SMILES string of the molecule is CC(C)(C)OC(=O)CNc1cccc(CC(=O)c2ccc3cc[nH]c3c2)n1. The summed E-state index contributed by atoms with van der Waals surface area (Å²) in [5.41, 5.74) is 1.68. The number of hydrogen-bond acceptors (Lipinski definition) is 5. The van der Waals surface area contributed by atoms with Gasteiger partial charge in [0.25, 0.3) is 0 Å². The van der Waals surface area contributed by atoms with Crippen molar-refractivity contribution in [1.82, 2.24) is 9.97 Å². The minimum absolute atomic E-state index is 0.0108. The van der Waals surface area contributed by atoms with E-state index < -0.39 is 5.60 Å². The van der Waals surface area contributed by atoms with Gasteiger partial charge in [-0.25, -0.2) is 4.98 Å². The molecule has 0 saturated heterocycles. The summed E-state index contributed by atoms with van der Waals surface area (Å²) in [5.74, 6) is 0.166. The third-order valence-electron chi connectivity index (χ3n) is 3.86. The number of benzene rings is 1. The molecular weight excluding hydrogens is 342 g/mol. The van der Waals surface area contributed by atoms with Crippen LogP contribution in [0.15, 0.2) is 48.7 Å². The molecule has 2 heterocycles. The zero-order valence-corrected chi connectivity index (χ0v) is 15.7. The number of carbonyl (C=O) groups excluding carboxylic acids is 2. The number of nitrogens with zero attached hydrogens (tertiary/aromatic N) is 1. The van der Waals surface area contributed by atoms with E-state index in [2.05, 4.69) is 15.3 Å². The van der Waals surface area contributed by atoms with Crippen LogP contribution < -0.4 is 5.32 Å². The number of fused-ring (bicyclic) bond motifs is 1. The predicted molar refractivity (Wildman–Crippen MR) is 105 cm³/mol. The van der Waals surface area contributed by atoms with Crippen molar-refractivity contribution in [3.63, 3.8) is 0 Å². The summed E-state index contributed by atoms with van der Waals surface area (Å²) in [4.78, 5) is 31.9. The molecule has 0 unspecified atom stereocenters. The number of anilines is 1. The first kappa shape index (κ1) is 18.6. The van der Waals surface area contributed by atoms with Crippen molar-refractivity contribution >= 4 is 28.5 Å². The number of nitrogens with one attached hydrogen (secondary N) is 2. The van der Waals surface area contributed by atoms with E-state index in [4.69, 9.17) is 4.74 Å². The van der Waals surface area contributed by atoms with Gasteiger partial charge in [-0.05, 0) is 50.4 Å². The first-order valence-electron chi connectivity index (χ1n) is 8.82. The summed E-state index contributed by atoms with van der Waals surface area (Å²) in [5, 5.41) is 4.01. The lowest BCUT2D eigenvalue weighted by Crippen LogP contribution is -2.28. The van der Waals surface area contributed by atoms with Crippen LogP contribution in [0.3, 0.4) is 0 Å². The predicted octanol–water partition coefficient (Wildman–Crippen LogP) is 3.74. The van der Waals surface area contributed by atoms with E-state index in [0.29, 0.717) is 17.1 Å². The Labute approximate surface area is 158 Å². The minimum Gasteiger partial charge on any atom is -0.459 e. The number of aromatic amines is 1. The molecule has 6 nitrogen and oxygen atoms in total. The van der Waals surface area contributed by atoms with Crippen LogP contribution in [-0.2, 0) is 16.0 Å². The number of H-pyrrole nitrogens is 1. The van der Waals surface area contributed by atoms with Gasteiger partial charge in [-0.2, -0.15) is 0 Å². The molecule has 0 aliphatic heterocycles. The Morgan fingerprint density at radius 1 is 1.15 bits per heavy atom. The second-order valence-electron chi connectivity index (χ2n) is 7.33. The highest BCUT2D eigenvalue weighted by atomic mass is 16.6. The molecular formula is C21H23N3O3. The van der Waals surface area contributed by atoms with Gasteiger partial charge in [-0.3, -0.25) is 9.59 Å². The van der Waals surface area contributed by atoms with Crippen molar-refractivity contribution in [1.29, 1.82) is 0 Å². The zero-order chi connectivity index (χ0) is 19.4. The molecule has 0 saturated carbocycles. The van der Waals surface area contributed by atoms with Crippen molar-refractivity contribution in [2.24, 2.45) is 0 Å². The maximum atomic E-state index is 12.6. The third kappa shape index (κ3) is 5.17. The molecule has 0 aliphatic carbocycles. The Bertz CT molecular complexity index is 970. The summed E-state index contributed by atoms with van der Waals surface area (Å²) < 4.78 is 5.25. The lowest BCUT2D eigenvalue weighted by atomic mass is 10.0.